The maximum atomic E-state index is 12.0. The first-order valence-corrected chi connectivity index (χ1v) is 8.81. The molecule has 0 fully saturated rings. The van der Waals surface area contributed by atoms with E-state index >= 15 is 0 Å². The van der Waals surface area contributed by atoms with Crippen molar-refractivity contribution in [2.24, 2.45) is 0 Å². The Labute approximate surface area is 121 Å². The van der Waals surface area contributed by atoms with Gasteiger partial charge in [-0.05, 0) is 28.9 Å². The van der Waals surface area contributed by atoms with Crippen molar-refractivity contribution in [3.8, 4) is 0 Å². The first kappa shape index (κ1) is 13.9. The minimum atomic E-state index is -3.54. The molecule has 3 N–H and O–H groups in total. The lowest BCUT2D eigenvalue weighted by Crippen LogP contribution is -2.22. The number of thiophene rings is 1. The molecule has 0 aliphatic heterocycles. The number of nitrogens with zero attached hydrogens (tertiary/aromatic N) is 1. The second-order valence-corrected chi connectivity index (χ2v) is 8.39. The summed E-state index contributed by atoms with van der Waals surface area (Å²) < 4.78 is 27.7. The minimum Gasteiger partial charge on any atom is -0.375 e. The molecule has 2 heterocycles. The van der Waals surface area contributed by atoms with Gasteiger partial charge in [-0.3, -0.25) is 0 Å². The normalized spacial score (nSPS) is 11.9. The molecule has 5 nitrogen and oxygen atoms in total. The fourth-order valence-corrected chi connectivity index (χ4v) is 5.16. The number of nitrogen functional groups attached to an aromatic ring is 1. The van der Waals surface area contributed by atoms with Gasteiger partial charge in [-0.15, -0.1) is 11.3 Å². The number of hydrogen-bond donors (Lipinski definition) is 2. The van der Waals surface area contributed by atoms with E-state index < -0.39 is 10.0 Å². The number of halogens is 1. The van der Waals surface area contributed by atoms with Crippen LogP contribution in [0.1, 0.15) is 10.6 Å². The molecule has 0 saturated heterocycles. The zero-order chi connectivity index (χ0) is 13.3. The number of thiazole rings is 1. The Bertz CT molecular complexity index is 662. The number of anilines is 1. The Kier molecular flexibility index (Phi) is 4.07. The molecule has 18 heavy (non-hydrogen) atoms. The molecular weight excluding hydrogens is 358 g/mol. The van der Waals surface area contributed by atoms with Gasteiger partial charge in [0.05, 0.1) is 5.69 Å². The van der Waals surface area contributed by atoms with Gasteiger partial charge in [-0.25, -0.2) is 18.1 Å². The van der Waals surface area contributed by atoms with E-state index in [9.17, 15) is 8.42 Å². The van der Waals surface area contributed by atoms with Crippen LogP contribution in [0.15, 0.2) is 20.1 Å². The number of nitrogens with one attached hydrogen (secondary N) is 1. The number of nitrogens with two attached hydrogens (primary N) is 1. The van der Waals surface area contributed by atoms with Gasteiger partial charge in [0, 0.05) is 21.3 Å². The summed E-state index contributed by atoms with van der Waals surface area (Å²) in [6.45, 7) is 1.89. The summed E-state index contributed by atoms with van der Waals surface area (Å²) >= 11 is 5.78. The molecule has 0 spiro atoms. The predicted octanol–water partition coefficient (Wildman–Crippen LogP) is 2.34. The molecule has 0 atom stereocenters. The van der Waals surface area contributed by atoms with E-state index in [1.165, 1.54) is 11.3 Å². The lowest BCUT2D eigenvalue weighted by molar-refractivity contribution is 0.583. The topological polar surface area (TPSA) is 85.1 Å². The van der Waals surface area contributed by atoms with E-state index in [-0.39, 0.29) is 15.9 Å². The zero-order valence-electron chi connectivity index (χ0n) is 9.31. The summed E-state index contributed by atoms with van der Waals surface area (Å²) in [7, 11) is -3.54. The largest absolute Gasteiger partial charge is 0.375 e. The van der Waals surface area contributed by atoms with Crippen molar-refractivity contribution in [2.45, 2.75) is 17.7 Å². The van der Waals surface area contributed by atoms with Gasteiger partial charge in [-0.2, -0.15) is 0 Å². The molecule has 0 bridgehead atoms. The molecule has 0 amide bonds. The van der Waals surface area contributed by atoms with Crippen molar-refractivity contribution < 1.29 is 8.42 Å². The fourth-order valence-electron chi connectivity index (χ4n) is 1.33. The smallest absolute Gasteiger partial charge is 0.252 e. The number of sulfonamides is 1. The highest BCUT2D eigenvalue weighted by atomic mass is 79.9. The van der Waals surface area contributed by atoms with Gasteiger partial charge >= 0.3 is 0 Å². The molecule has 98 valence electrons. The van der Waals surface area contributed by atoms with Crippen molar-refractivity contribution in [1.29, 1.82) is 0 Å². The summed E-state index contributed by atoms with van der Waals surface area (Å²) in [6.07, 6.45) is 0. The maximum Gasteiger partial charge on any atom is 0.252 e. The van der Waals surface area contributed by atoms with E-state index in [2.05, 4.69) is 25.6 Å². The maximum absolute atomic E-state index is 12.0. The fraction of sp³-hybridized carbons (Fsp3) is 0.222. The number of aromatic nitrogens is 1. The lowest BCUT2D eigenvalue weighted by Gasteiger charge is -2.03. The van der Waals surface area contributed by atoms with Crippen LogP contribution >= 0.6 is 38.6 Å². The number of hydrogen-bond acceptors (Lipinski definition) is 6. The van der Waals surface area contributed by atoms with Gasteiger partial charge in [0.25, 0.3) is 10.0 Å². The number of aryl methyl sites for hydroxylation is 1. The highest BCUT2D eigenvalue weighted by molar-refractivity contribution is 9.10. The van der Waals surface area contributed by atoms with Crippen LogP contribution in [0, 0.1) is 6.92 Å². The Hall–Kier alpha value is -0.480. The van der Waals surface area contributed by atoms with Crippen LogP contribution in [0.25, 0.3) is 0 Å². The number of rotatable bonds is 4. The van der Waals surface area contributed by atoms with Crippen molar-refractivity contribution >= 4 is 53.8 Å². The molecule has 0 saturated carbocycles. The third-order valence-electron chi connectivity index (χ3n) is 2.07. The summed E-state index contributed by atoms with van der Waals surface area (Å²) in [5, 5.41) is 2.16. The molecule has 0 radical (unpaired) electrons. The zero-order valence-corrected chi connectivity index (χ0v) is 13.3. The second-order valence-electron chi connectivity index (χ2n) is 3.48. The average Bonchev–Trinajstić information content (AvgIpc) is 2.82. The quantitative estimate of drug-likeness (QED) is 0.868. The molecular formula is C9H10BrN3O2S3. The van der Waals surface area contributed by atoms with Crippen molar-refractivity contribution in [3.05, 3.63) is 26.5 Å². The Morgan fingerprint density at radius 1 is 1.56 bits per heavy atom. The second kappa shape index (κ2) is 5.25. The van der Waals surface area contributed by atoms with E-state index in [1.807, 2.05) is 11.4 Å². The summed E-state index contributed by atoms with van der Waals surface area (Å²) in [5.41, 5.74) is 5.93. The molecule has 0 aliphatic rings. The van der Waals surface area contributed by atoms with Crippen LogP contribution in [-0.2, 0) is 16.6 Å². The molecule has 0 aliphatic carbocycles. The van der Waals surface area contributed by atoms with Crippen LogP contribution in [-0.4, -0.2) is 13.4 Å². The highest BCUT2D eigenvalue weighted by Crippen LogP contribution is 2.25. The summed E-state index contributed by atoms with van der Waals surface area (Å²) in [5.74, 6) is 0. The van der Waals surface area contributed by atoms with Crippen LogP contribution in [0.2, 0.25) is 0 Å². The summed E-state index contributed by atoms with van der Waals surface area (Å²) in [4.78, 5) is 4.84. The molecule has 0 unspecified atom stereocenters. The van der Waals surface area contributed by atoms with Crippen molar-refractivity contribution in [1.82, 2.24) is 9.71 Å². The van der Waals surface area contributed by atoms with Gasteiger partial charge in [-0.1, -0.05) is 11.3 Å². The van der Waals surface area contributed by atoms with Gasteiger partial charge < -0.3 is 5.73 Å². The predicted molar refractivity (Wildman–Crippen MR) is 77.3 cm³/mol. The van der Waals surface area contributed by atoms with Crippen LogP contribution in [0.3, 0.4) is 0 Å². The SMILES string of the molecule is Cc1nc(N)sc1S(=O)(=O)NCc1cc(Br)cs1. The van der Waals surface area contributed by atoms with Crippen LogP contribution in [0.4, 0.5) is 5.13 Å². The van der Waals surface area contributed by atoms with Crippen LogP contribution in [0.5, 0.6) is 0 Å². The first-order valence-electron chi connectivity index (χ1n) is 4.84. The third-order valence-corrected chi connectivity index (χ3v) is 6.77. The van der Waals surface area contributed by atoms with Crippen molar-refractivity contribution in [2.75, 3.05) is 5.73 Å². The molecule has 2 rings (SSSR count). The van der Waals surface area contributed by atoms with E-state index in [1.54, 1.807) is 6.92 Å². The van der Waals surface area contributed by atoms with Crippen molar-refractivity contribution in [3.63, 3.8) is 0 Å². The van der Waals surface area contributed by atoms with E-state index in [0.29, 0.717) is 5.69 Å². The Balaban J connectivity index is 2.15. The van der Waals surface area contributed by atoms with Gasteiger partial charge in [0.1, 0.15) is 0 Å². The Morgan fingerprint density at radius 3 is 2.78 bits per heavy atom. The van der Waals surface area contributed by atoms with Gasteiger partial charge in [0.15, 0.2) is 9.34 Å². The standard InChI is InChI=1S/C9H10BrN3O2S3/c1-5-8(17-9(11)13-5)18(14,15)12-3-7-2-6(10)4-16-7/h2,4,12H,3H2,1H3,(H2,11,13). The average molecular weight is 368 g/mol. The first-order chi connectivity index (χ1) is 8.38. The lowest BCUT2D eigenvalue weighted by atomic mass is 10.5. The summed E-state index contributed by atoms with van der Waals surface area (Å²) in [6, 6.07) is 1.88. The van der Waals surface area contributed by atoms with Crippen LogP contribution < -0.4 is 10.5 Å². The molecule has 0 aromatic carbocycles. The molecule has 2 aromatic rings. The minimum absolute atomic E-state index is 0.177. The van der Waals surface area contributed by atoms with E-state index in [0.717, 1.165) is 20.7 Å². The monoisotopic (exact) mass is 367 g/mol. The molecule has 9 heteroatoms. The third kappa shape index (κ3) is 3.09. The highest BCUT2D eigenvalue weighted by Gasteiger charge is 2.20. The molecule has 2 aromatic heterocycles. The Morgan fingerprint density at radius 2 is 2.28 bits per heavy atom. The van der Waals surface area contributed by atoms with E-state index in [4.69, 9.17) is 5.73 Å². The van der Waals surface area contributed by atoms with Gasteiger partial charge in [0.2, 0.25) is 0 Å².